The maximum Gasteiger partial charge on any atom is 0.246 e. The molecule has 4 heterocycles. The Hall–Kier alpha value is -4.16. The Morgan fingerprint density at radius 3 is 2.69 bits per heavy atom. The summed E-state index contributed by atoms with van der Waals surface area (Å²) in [4.78, 5) is 36.1. The molecule has 198 valence electrons. The van der Waals surface area contributed by atoms with Crippen LogP contribution in [-0.2, 0) is 4.79 Å². The number of imidazole rings is 1. The normalized spacial score (nSPS) is 17.1. The van der Waals surface area contributed by atoms with Crippen LogP contribution in [0.1, 0.15) is 66.8 Å². The van der Waals surface area contributed by atoms with E-state index in [1.165, 1.54) is 12.3 Å². The van der Waals surface area contributed by atoms with Crippen LogP contribution >= 0.6 is 11.6 Å². The first kappa shape index (κ1) is 25.1. The lowest BCUT2D eigenvalue weighted by Gasteiger charge is -2.16. The van der Waals surface area contributed by atoms with E-state index in [-0.39, 0.29) is 29.5 Å². The van der Waals surface area contributed by atoms with Crippen LogP contribution in [-0.4, -0.2) is 54.0 Å². The van der Waals surface area contributed by atoms with Gasteiger partial charge in [0.1, 0.15) is 11.5 Å². The number of ketones is 1. The van der Waals surface area contributed by atoms with Gasteiger partial charge in [0, 0.05) is 36.8 Å². The van der Waals surface area contributed by atoms with Crippen molar-refractivity contribution in [2.45, 2.75) is 45.2 Å². The van der Waals surface area contributed by atoms with Gasteiger partial charge in [-0.15, -0.1) is 0 Å². The van der Waals surface area contributed by atoms with E-state index in [0.717, 1.165) is 23.9 Å². The van der Waals surface area contributed by atoms with Crippen molar-refractivity contribution < 1.29 is 9.59 Å². The zero-order valence-corrected chi connectivity index (χ0v) is 22.6. The van der Waals surface area contributed by atoms with E-state index in [2.05, 4.69) is 33.0 Å². The predicted octanol–water partition coefficient (Wildman–Crippen LogP) is 4.55. The van der Waals surface area contributed by atoms with E-state index in [4.69, 9.17) is 22.4 Å². The maximum atomic E-state index is 13.2. The summed E-state index contributed by atoms with van der Waals surface area (Å²) in [5, 5.41) is 5.89. The lowest BCUT2D eigenvalue weighted by Crippen LogP contribution is -2.27. The molecular weight excluding hydrogens is 514 g/mol. The minimum absolute atomic E-state index is 0.0649. The van der Waals surface area contributed by atoms with Gasteiger partial charge in [-0.1, -0.05) is 37.9 Å². The molecular formula is C29H28ClN7O2. The van der Waals surface area contributed by atoms with Crippen LogP contribution < -0.4 is 5.73 Å². The van der Waals surface area contributed by atoms with Gasteiger partial charge in [0.15, 0.2) is 5.78 Å². The molecule has 9 nitrogen and oxygen atoms in total. The molecule has 3 aromatic heterocycles. The average molecular weight is 542 g/mol. The number of fused-ring (bicyclic) bond motifs is 2. The van der Waals surface area contributed by atoms with Gasteiger partial charge < -0.3 is 15.2 Å². The number of hydrogen-bond donors (Lipinski definition) is 1. The van der Waals surface area contributed by atoms with Crippen molar-refractivity contribution in [1.82, 2.24) is 29.2 Å². The number of benzene rings is 1. The summed E-state index contributed by atoms with van der Waals surface area (Å²) in [6.07, 6.45) is 7.65. The van der Waals surface area contributed by atoms with Crippen LogP contribution in [0.2, 0.25) is 5.02 Å². The number of anilines is 1. The monoisotopic (exact) mass is 541 g/mol. The molecule has 10 heteroatoms. The van der Waals surface area contributed by atoms with E-state index in [0.29, 0.717) is 58.3 Å². The number of amides is 1. The minimum Gasteiger partial charge on any atom is -0.383 e. The van der Waals surface area contributed by atoms with Gasteiger partial charge in [-0.3, -0.25) is 14.3 Å². The van der Waals surface area contributed by atoms with Crippen LogP contribution in [0.4, 0.5) is 5.82 Å². The number of aromatic nitrogens is 5. The van der Waals surface area contributed by atoms with Crippen molar-refractivity contribution in [3.63, 3.8) is 0 Å². The topological polar surface area (TPSA) is 112 Å². The quantitative estimate of drug-likeness (QED) is 0.225. The van der Waals surface area contributed by atoms with Crippen molar-refractivity contribution in [1.29, 1.82) is 0 Å². The van der Waals surface area contributed by atoms with Gasteiger partial charge >= 0.3 is 0 Å². The highest BCUT2D eigenvalue weighted by molar-refractivity contribution is 6.32. The summed E-state index contributed by atoms with van der Waals surface area (Å²) in [6, 6.07) is 4.12. The summed E-state index contributed by atoms with van der Waals surface area (Å²) >= 11 is 6.65. The van der Waals surface area contributed by atoms with Crippen LogP contribution in [0.25, 0.3) is 21.9 Å². The Kier molecular flexibility index (Phi) is 6.15. The maximum absolute atomic E-state index is 13.2. The molecule has 0 spiro atoms. The zero-order valence-electron chi connectivity index (χ0n) is 21.8. The van der Waals surface area contributed by atoms with Crippen molar-refractivity contribution in [3.8, 4) is 11.8 Å². The zero-order chi connectivity index (χ0) is 27.4. The van der Waals surface area contributed by atoms with Gasteiger partial charge in [-0.2, -0.15) is 5.10 Å². The SMILES string of the molecule is C=CC(=O)N1CC[C@H](n2nc(C#Cc3cc4ncn(C5CC5)c4cc3Cl)c3c(N)ncc(C(=O)C(C)C)c32)C1. The van der Waals surface area contributed by atoms with E-state index in [9.17, 15) is 9.59 Å². The Bertz CT molecular complexity index is 1740. The largest absolute Gasteiger partial charge is 0.383 e. The smallest absolute Gasteiger partial charge is 0.246 e. The first-order valence-corrected chi connectivity index (χ1v) is 13.4. The fourth-order valence-electron chi connectivity index (χ4n) is 5.22. The van der Waals surface area contributed by atoms with E-state index >= 15 is 0 Å². The molecule has 2 fully saturated rings. The molecule has 0 unspecified atom stereocenters. The molecule has 1 amide bonds. The van der Waals surface area contributed by atoms with Gasteiger partial charge in [0.05, 0.1) is 44.9 Å². The van der Waals surface area contributed by atoms with Gasteiger partial charge in [-0.25, -0.2) is 9.97 Å². The molecule has 0 radical (unpaired) electrons. The number of Topliss-reactive ketones (excluding diaryl/α,β-unsaturated/α-hetero) is 1. The fourth-order valence-corrected chi connectivity index (χ4v) is 5.43. The predicted molar refractivity (Wildman–Crippen MR) is 151 cm³/mol. The summed E-state index contributed by atoms with van der Waals surface area (Å²) in [5.41, 5.74) is 10.2. The number of pyridine rings is 1. The molecule has 6 rings (SSSR count). The minimum atomic E-state index is -0.250. The Labute approximate surface area is 230 Å². The molecule has 1 atom stereocenters. The Morgan fingerprint density at radius 1 is 1.18 bits per heavy atom. The summed E-state index contributed by atoms with van der Waals surface area (Å²) in [5.74, 6) is 6.09. The third-order valence-corrected chi connectivity index (χ3v) is 7.77. The van der Waals surface area contributed by atoms with E-state index in [1.807, 2.05) is 32.3 Å². The highest BCUT2D eigenvalue weighted by Gasteiger charge is 2.31. The van der Waals surface area contributed by atoms with Crippen LogP contribution in [0.15, 0.2) is 37.3 Å². The highest BCUT2D eigenvalue weighted by atomic mass is 35.5. The Balaban J connectivity index is 1.48. The molecule has 1 aromatic carbocycles. The number of hydrogen-bond acceptors (Lipinski definition) is 6. The van der Waals surface area contributed by atoms with Crippen molar-refractivity contribution in [2.24, 2.45) is 5.92 Å². The second kappa shape index (κ2) is 9.54. The number of carbonyl (C=O) groups excluding carboxylic acids is 2. The van der Waals surface area contributed by atoms with E-state index < -0.39 is 0 Å². The standard InChI is InChI=1S/C29H28ClN7O2/c1-4-25(38)35-10-9-19(14-35)37-27-20(28(39)16(2)3)13-32-29(31)26(27)22(34-37)8-5-17-11-23-24(12-21(17)30)36(15-33-23)18-6-7-18/h4,11-13,15-16,18-19H,1,6-7,9-10,14H2,2-3H3,(H2,31,32)/t19-/m0/s1. The van der Waals surface area contributed by atoms with Crippen molar-refractivity contribution in [3.05, 3.63) is 59.2 Å². The number of nitrogen functional groups attached to an aromatic ring is 1. The molecule has 0 bridgehead atoms. The van der Waals surface area contributed by atoms with Crippen molar-refractivity contribution >= 4 is 51.0 Å². The van der Waals surface area contributed by atoms with Gasteiger partial charge in [0.25, 0.3) is 0 Å². The van der Waals surface area contributed by atoms with Crippen LogP contribution in [0, 0.1) is 17.8 Å². The highest BCUT2D eigenvalue weighted by Crippen LogP contribution is 2.38. The van der Waals surface area contributed by atoms with Gasteiger partial charge in [0.2, 0.25) is 5.91 Å². The molecule has 4 aromatic rings. The molecule has 1 aliphatic carbocycles. The summed E-state index contributed by atoms with van der Waals surface area (Å²) in [6.45, 7) is 8.29. The molecule has 1 saturated carbocycles. The Morgan fingerprint density at radius 2 is 1.97 bits per heavy atom. The van der Waals surface area contributed by atoms with Gasteiger partial charge in [-0.05, 0) is 43.4 Å². The van der Waals surface area contributed by atoms with Crippen molar-refractivity contribution in [2.75, 3.05) is 18.8 Å². The lowest BCUT2D eigenvalue weighted by atomic mass is 10.00. The summed E-state index contributed by atoms with van der Waals surface area (Å²) in [7, 11) is 0. The molecule has 2 aliphatic rings. The molecule has 2 N–H and O–H groups in total. The average Bonchev–Trinajstić information content (AvgIpc) is 3.32. The number of likely N-dealkylation sites (tertiary alicyclic amines) is 1. The molecule has 1 aliphatic heterocycles. The fraction of sp³-hybridized carbons (Fsp3) is 0.345. The molecule has 1 saturated heterocycles. The number of nitrogens with two attached hydrogens (primary N) is 1. The first-order chi connectivity index (χ1) is 18.8. The number of halogens is 1. The molecule has 39 heavy (non-hydrogen) atoms. The van der Waals surface area contributed by atoms with Crippen LogP contribution in [0.5, 0.6) is 0 Å². The number of rotatable bonds is 5. The third kappa shape index (κ3) is 4.35. The van der Waals surface area contributed by atoms with E-state index in [1.54, 1.807) is 9.58 Å². The first-order valence-electron chi connectivity index (χ1n) is 13.1. The second-order valence-electron chi connectivity index (χ2n) is 10.5. The number of carbonyl (C=O) groups is 2. The lowest BCUT2D eigenvalue weighted by molar-refractivity contribution is -0.125. The third-order valence-electron chi connectivity index (χ3n) is 7.46. The summed E-state index contributed by atoms with van der Waals surface area (Å²) < 4.78 is 3.96. The second-order valence-corrected chi connectivity index (χ2v) is 10.9. The number of nitrogens with zero attached hydrogens (tertiary/aromatic N) is 6. The van der Waals surface area contributed by atoms with Crippen LogP contribution in [0.3, 0.4) is 0 Å².